The van der Waals surface area contributed by atoms with Gasteiger partial charge >= 0.3 is 0 Å². The first-order chi connectivity index (χ1) is 12.0. The number of amides is 1. The first kappa shape index (κ1) is 20.2. The van der Waals surface area contributed by atoms with Gasteiger partial charge in [-0.3, -0.25) is 4.79 Å². The van der Waals surface area contributed by atoms with Gasteiger partial charge in [0.05, 0.1) is 12.1 Å². The summed E-state index contributed by atoms with van der Waals surface area (Å²) >= 11 is 0. The minimum Gasteiger partial charge on any atom is -0.489 e. The number of benzene rings is 2. The molecule has 1 saturated heterocycles. The minimum atomic E-state index is -0.476. The highest BCUT2D eigenvalue weighted by Crippen LogP contribution is 2.23. The van der Waals surface area contributed by atoms with E-state index in [-0.39, 0.29) is 36.8 Å². The maximum Gasteiger partial charge on any atom is 0.241 e. The lowest BCUT2D eigenvalue weighted by Crippen LogP contribution is -2.35. The summed E-state index contributed by atoms with van der Waals surface area (Å²) in [6.45, 7) is 2.58. The Morgan fingerprint density at radius 3 is 2.81 bits per heavy atom. The van der Waals surface area contributed by atoms with Crippen molar-refractivity contribution in [3.8, 4) is 5.75 Å². The number of hydrogen-bond donors (Lipinski definition) is 3. The first-order valence-electron chi connectivity index (χ1n) is 8.21. The largest absolute Gasteiger partial charge is 0.489 e. The van der Waals surface area contributed by atoms with Gasteiger partial charge in [-0.25, -0.2) is 4.39 Å². The summed E-state index contributed by atoms with van der Waals surface area (Å²) in [5.41, 5.74) is 2.32. The summed E-state index contributed by atoms with van der Waals surface area (Å²) in [5, 5.41) is 15.3. The zero-order valence-corrected chi connectivity index (χ0v) is 15.2. The van der Waals surface area contributed by atoms with Crippen LogP contribution in [-0.4, -0.2) is 29.7 Å². The fourth-order valence-corrected chi connectivity index (χ4v) is 2.80. The third-order valence-corrected chi connectivity index (χ3v) is 4.17. The molecule has 2 atom stereocenters. The Kier molecular flexibility index (Phi) is 6.97. The SMILES string of the molecule is Cc1cc(OCc2cccc(F)c2)ccc1NC(=O)C1CC(O)CN1.Cl. The van der Waals surface area contributed by atoms with Gasteiger partial charge in [-0.15, -0.1) is 12.4 Å². The van der Waals surface area contributed by atoms with E-state index in [0.717, 1.165) is 11.1 Å². The van der Waals surface area contributed by atoms with Crippen LogP contribution in [0.2, 0.25) is 0 Å². The first-order valence-corrected chi connectivity index (χ1v) is 8.21. The number of anilines is 1. The average molecular weight is 381 g/mol. The molecule has 0 aliphatic carbocycles. The summed E-state index contributed by atoms with van der Waals surface area (Å²) in [7, 11) is 0. The zero-order valence-electron chi connectivity index (χ0n) is 14.4. The number of carbonyl (C=O) groups excluding carboxylic acids is 1. The number of aliphatic hydroxyl groups is 1. The van der Waals surface area contributed by atoms with Crippen molar-refractivity contribution in [3.63, 3.8) is 0 Å². The van der Waals surface area contributed by atoms with E-state index in [1.54, 1.807) is 24.3 Å². The number of halogens is 2. The Balaban J connectivity index is 0.00000243. The number of aliphatic hydroxyl groups excluding tert-OH is 1. The summed E-state index contributed by atoms with van der Waals surface area (Å²) in [6, 6.07) is 11.3. The van der Waals surface area contributed by atoms with Crippen molar-refractivity contribution < 1.29 is 19.0 Å². The van der Waals surface area contributed by atoms with Crippen LogP contribution < -0.4 is 15.4 Å². The van der Waals surface area contributed by atoms with E-state index >= 15 is 0 Å². The van der Waals surface area contributed by atoms with Gasteiger partial charge in [-0.2, -0.15) is 0 Å². The van der Waals surface area contributed by atoms with E-state index in [1.165, 1.54) is 12.1 Å². The van der Waals surface area contributed by atoms with Crippen molar-refractivity contribution in [1.82, 2.24) is 5.32 Å². The Morgan fingerprint density at radius 2 is 2.15 bits per heavy atom. The van der Waals surface area contributed by atoms with Gasteiger partial charge in [0.2, 0.25) is 5.91 Å². The van der Waals surface area contributed by atoms with Crippen LogP contribution in [0.4, 0.5) is 10.1 Å². The molecule has 5 nitrogen and oxygen atoms in total. The molecular formula is C19H22ClFN2O3. The number of hydrogen-bond acceptors (Lipinski definition) is 4. The second-order valence-electron chi connectivity index (χ2n) is 6.23. The number of ether oxygens (including phenoxy) is 1. The van der Waals surface area contributed by atoms with E-state index in [4.69, 9.17) is 4.74 Å². The molecule has 140 valence electrons. The smallest absolute Gasteiger partial charge is 0.241 e. The van der Waals surface area contributed by atoms with Gasteiger partial charge in [0.25, 0.3) is 0 Å². The Bertz CT molecular complexity index is 772. The summed E-state index contributed by atoms with van der Waals surface area (Å²) < 4.78 is 18.8. The molecule has 2 aromatic carbocycles. The van der Waals surface area contributed by atoms with Crippen LogP contribution in [-0.2, 0) is 11.4 Å². The van der Waals surface area contributed by atoms with E-state index in [9.17, 15) is 14.3 Å². The fraction of sp³-hybridized carbons (Fsp3) is 0.316. The summed E-state index contributed by atoms with van der Waals surface area (Å²) in [6.07, 6.45) is -0.0601. The van der Waals surface area contributed by atoms with Crippen LogP contribution in [0.5, 0.6) is 5.75 Å². The molecule has 1 aliphatic heterocycles. The topological polar surface area (TPSA) is 70.6 Å². The van der Waals surface area contributed by atoms with Gasteiger partial charge in [0, 0.05) is 12.2 Å². The molecule has 0 spiro atoms. The zero-order chi connectivity index (χ0) is 17.8. The molecule has 0 saturated carbocycles. The molecule has 26 heavy (non-hydrogen) atoms. The van der Waals surface area contributed by atoms with E-state index in [1.807, 2.05) is 13.0 Å². The number of carbonyl (C=O) groups is 1. The van der Waals surface area contributed by atoms with Crippen LogP contribution in [0.25, 0.3) is 0 Å². The van der Waals surface area contributed by atoms with Crippen molar-refractivity contribution >= 4 is 24.0 Å². The van der Waals surface area contributed by atoms with Gasteiger partial charge in [-0.1, -0.05) is 12.1 Å². The predicted molar refractivity (Wildman–Crippen MR) is 100 cm³/mol. The Labute approximate surface area is 158 Å². The minimum absolute atomic E-state index is 0. The molecule has 1 aliphatic rings. The lowest BCUT2D eigenvalue weighted by Gasteiger charge is -2.14. The van der Waals surface area contributed by atoms with Crippen LogP contribution in [0.1, 0.15) is 17.5 Å². The van der Waals surface area contributed by atoms with E-state index < -0.39 is 6.10 Å². The highest BCUT2D eigenvalue weighted by Gasteiger charge is 2.28. The fourth-order valence-electron chi connectivity index (χ4n) is 2.80. The van der Waals surface area contributed by atoms with Gasteiger partial charge < -0.3 is 20.5 Å². The molecule has 7 heteroatoms. The van der Waals surface area contributed by atoms with Crippen molar-refractivity contribution in [1.29, 1.82) is 0 Å². The lowest BCUT2D eigenvalue weighted by atomic mass is 10.1. The Morgan fingerprint density at radius 1 is 1.35 bits per heavy atom. The molecule has 2 unspecified atom stereocenters. The number of nitrogens with one attached hydrogen (secondary N) is 2. The van der Waals surface area contributed by atoms with E-state index in [2.05, 4.69) is 10.6 Å². The summed E-state index contributed by atoms with van der Waals surface area (Å²) in [4.78, 5) is 12.2. The quantitative estimate of drug-likeness (QED) is 0.746. The maximum atomic E-state index is 13.2. The van der Waals surface area contributed by atoms with Crippen molar-refractivity contribution in [2.24, 2.45) is 0 Å². The lowest BCUT2D eigenvalue weighted by molar-refractivity contribution is -0.117. The van der Waals surface area contributed by atoms with Crippen LogP contribution >= 0.6 is 12.4 Å². The van der Waals surface area contributed by atoms with Gasteiger partial charge in [-0.05, 0) is 54.8 Å². The van der Waals surface area contributed by atoms with Crippen molar-refractivity contribution in [2.45, 2.75) is 32.1 Å². The molecule has 1 heterocycles. The molecule has 2 aromatic rings. The van der Waals surface area contributed by atoms with Crippen LogP contribution in [0, 0.1) is 12.7 Å². The number of rotatable bonds is 5. The highest BCUT2D eigenvalue weighted by molar-refractivity contribution is 5.95. The van der Waals surface area contributed by atoms with Crippen molar-refractivity contribution in [3.05, 3.63) is 59.4 Å². The predicted octanol–water partition coefficient (Wildman–Crippen LogP) is 2.80. The van der Waals surface area contributed by atoms with E-state index in [0.29, 0.717) is 24.4 Å². The molecule has 0 bridgehead atoms. The van der Waals surface area contributed by atoms with Gasteiger partial charge in [0.1, 0.15) is 18.2 Å². The monoisotopic (exact) mass is 380 g/mol. The third-order valence-electron chi connectivity index (χ3n) is 4.17. The molecule has 1 amide bonds. The summed E-state index contributed by atoms with van der Waals surface area (Å²) in [5.74, 6) is 0.197. The highest BCUT2D eigenvalue weighted by atomic mass is 35.5. The molecule has 0 aromatic heterocycles. The van der Waals surface area contributed by atoms with Crippen molar-refractivity contribution in [2.75, 3.05) is 11.9 Å². The molecular weight excluding hydrogens is 359 g/mol. The Hall–Kier alpha value is -2.15. The standard InChI is InChI=1S/C19H21FN2O3.ClH/c1-12-7-16(25-11-13-3-2-4-14(20)8-13)5-6-17(12)22-19(24)18-9-15(23)10-21-18;/h2-8,15,18,21,23H,9-11H2,1H3,(H,22,24);1H. The van der Waals surface area contributed by atoms with Crippen LogP contribution in [0.15, 0.2) is 42.5 Å². The second-order valence-corrected chi connectivity index (χ2v) is 6.23. The average Bonchev–Trinajstić information content (AvgIpc) is 3.02. The van der Waals surface area contributed by atoms with Gasteiger partial charge in [0.15, 0.2) is 0 Å². The molecule has 3 rings (SSSR count). The third kappa shape index (κ3) is 5.17. The number of β-amino-alcohol motifs (C(OH)–C–C–N with tert-alkyl or cyclic N) is 1. The van der Waals surface area contributed by atoms with Crippen LogP contribution in [0.3, 0.4) is 0 Å². The normalized spacial score (nSPS) is 18.9. The second kappa shape index (κ2) is 8.98. The molecule has 1 fully saturated rings. The maximum absolute atomic E-state index is 13.2. The molecule has 3 N–H and O–H groups in total. The molecule has 0 radical (unpaired) electrons. The number of aryl methyl sites for hydroxylation is 1.